The molecule has 0 bridgehead atoms. The van der Waals surface area contributed by atoms with Gasteiger partial charge in [0.15, 0.2) is 0 Å². The molecule has 0 aromatic heterocycles. The molecule has 2 heteroatoms. The van der Waals surface area contributed by atoms with Crippen LogP contribution in [0.4, 0.5) is 0 Å². The Labute approximate surface area is 91.4 Å². The standard InChI is InChI=1S/C13H20O2/c14-12-7-4-8-13(15)11(12)9-10-5-2-1-3-6-10/h10-11H,1-9H2. The van der Waals surface area contributed by atoms with Gasteiger partial charge in [-0.1, -0.05) is 32.1 Å². The Hall–Kier alpha value is -0.660. The lowest BCUT2D eigenvalue weighted by molar-refractivity contribution is -0.136. The summed E-state index contributed by atoms with van der Waals surface area (Å²) in [4.78, 5) is 23.3. The molecule has 0 amide bonds. The number of carbonyl (C=O) groups excluding carboxylic acids is 2. The van der Waals surface area contributed by atoms with E-state index in [1.807, 2.05) is 0 Å². The molecule has 0 aromatic carbocycles. The molecule has 2 aliphatic carbocycles. The number of hydrogen-bond donors (Lipinski definition) is 0. The fraction of sp³-hybridized carbons (Fsp3) is 0.846. The highest BCUT2D eigenvalue weighted by atomic mass is 16.2. The summed E-state index contributed by atoms with van der Waals surface area (Å²) in [7, 11) is 0. The molecule has 0 aromatic rings. The van der Waals surface area contributed by atoms with Gasteiger partial charge in [0.2, 0.25) is 0 Å². The first-order valence-corrected chi connectivity index (χ1v) is 6.33. The predicted molar refractivity (Wildman–Crippen MR) is 58.5 cm³/mol. The van der Waals surface area contributed by atoms with Crippen molar-refractivity contribution in [1.82, 2.24) is 0 Å². The highest BCUT2D eigenvalue weighted by Crippen LogP contribution is 2.32. The Kier molecular flexibility index (Phi) is 3.55. The smallest absolute Gasteiger partial charge is 0.143 e. The van der Waals surface area contributed by atoms with Crippen molar-refractivity contribution in [3.8, 4) is 0 Å². The molecule has 2 saturated carbocycles. The van der Waals surface area contributed by atoms with E-state index in [2.05, 4.69) is 0 Å². The normalized spacial score (nSPS) is 25.9. The maximum absolute atomic E-state index is 11.7. The zero-order valence-electron chi connectivity index (χ0n) is 9.34. The number of ketones is 2. The molecule has 2 aliphatic rings. The number of rotatable bonds is 2. The first-order valence-electron chi connectivity index (χ1n) is 6.33. The van der Waals surface area contributed by atoms with E-state index < -0.39 is 0 Å². The summed E-state index contributed by atoms with van der Waals surface area (Å²) in [5.41, 5.74) is 0. The van der Waals surface area contributed by atoms with Crippen LogP contribution >= 0.6 is 0 Å². The maximum Gasteiger partial charge on any atom is 0.143 e. The first-order chi connectivity index (χ1) is 7.27. The SMILES string of the molecule is O=C1CCCC(=O)C1CC1CCCCC1. The summed E-state index contributed by atoms with van der Waals surface area (Å²) in [6.45, 7) is 0. The average Bonchev–Trinajstić information content (AvgIpc) is 2.25. The summed E-state index contributed by atoms with van der Waals surface area (Å²) >= 11 is 0. The quantitative estimate of drug-likeness (QED) is 0.654. The molecule has 0 unspecified atom stereocenters. The Morgan fingerprint density at radius 2 is 1.47 bits per heavy atom. The third kappa shape index (κ3) is 2.67. The second-order valence-corrected chi connectivity index (χ2v) is 5.08. The van der Waals surface area contributed by atoms with Gasteiger partial charge in [-0.15, -0.1) is 0 Å². The monoisotopic (exact) mass is 208 g/mol. The molecule has 84 valence electrons. The minimum absolute atomic E-state index is 0.219. The van der Waals surface area contributed by atoms with Crippen LogP contribution in [0.1, 0.15) is 57.8 Å². The van der Waals surface area contributed by atoms with Gasteiger partial charge in [0, 0.05) is 12.8 Å². The largest absolute Gasteiger partial charge is 0.299 e. The molecule has 0 atom stereocenters. The van der Waals surface area contributed by atoms with Gasteiger partial charge >= 0.3 is 0 Å². The van der Waals surface area contributed by atoms with Gasteiger partial charge in [-0.25, -0.2) is 0 Å². The molecular formula is C13H20O2. The fourth-order valence-corrected chi connectivity index (χ4v) is 2.98. The van der Waals surface area contributed by atoms with Crippen LogP contribution in [0.25, 0.3) is 0 Å². The third-order valence-corrected chi connectivity index (χ3v) is 3.92. The molecular weight excluding hydrogens is 188 g/mol. The van der Waals surface area contributed by atoms with Crippen molar-refractivity contribution in [2.45, 2.75) is 57.8 Å². The molecule has 0 saturated heterocycles. The van der Waals surface area contributed by atoms with Crippen LogP contribution in [0.15, 0.2) is 0 Å². The van der Waals surface area contributed by atoms with Gasteiger partial charge < -0.3 is 0 Å². The minimum Gasteiger partial charge on any atom is -0.299 e. The summed E-state index contributed by atoms with van der Waals surface area (Å²) in [6, 6.07) is 0. The Morgan fingerprint density at radius 1 is 0.867 bits per heavy atom. The van der Waals surface area contributed by atoms with E-state index in [-0.39, 0.29) is 17.5 Å². The molecule has 0 radical (unpaired) electrons. The Bertz CT molecular complexity index is 235. The van der Waals surface area contributed by atoms with Crippen molar-refractivity contribution in [3.05, 3.63) is 0 Å². The highest BCUT2D eigenvalue weighted by molar-refractivity contribution is 6.04. The van der Waals surface area contributed by atoms with Gasteiger partial charge in [0.1, 0.15) is 11.6 Å². The van der Waals surface area contributed by atoms with Gasteiger partial charge in [-0.05, 0) is 18.8 Å². The molecule has 2 fully saturated rings. The van der Waals surface area contributed by atoms with E-state index in [1.165, 1.54) is 32.1 Å². The lowest BCUT2D eigenvalue weighted by atomic mass is 9.76. The zero-order chi connectivity index (χ0) is 10.7. The van der Waals surface area contributed by atoms with Crippen molar-refractivity contribution in [3.63, 3.8) is 0 Å². The van der Waals surface area contributed by atoms with E-state index in [9.17, 15) is 9.59 Å². The molecule has 0 aliphatic heterocycles. The number of hydrogen-bond acceptors (Lipinski definition) is 2. The Morgan fingerprint density at radius 3 is 2.07 bits per heavy atom. The second kappa shape index (κ2) is 4.91. The molecule has 2 nitrogen and oxygen atoms in total. The third-order valence-electron chi connectivity index (χ3n) is 3.92. The van der Waals surface area contributed by atoms with E-state index in [1.54, 1.807) is 0 Å². The van der Waals surface area contributed by atoms with Crippen molar-refractivity contribution >= 4 is 11.6 Å². The molecule has 0 heterocycles. The summed E-state index contributed by atoms with van der Waals surface area (Å²) < 4.78 is 0. The van der Waals surface area contributed by atoms with Gasteiger partial charge in [0.25, 0.3) is 0 Å². The Balaban J connectivity index is 1.90. The highest BCUT2D eigenvalue weighted by Gasteiger charge is 2.32. The van der Waals surface area contributed by atoms with Crippen molar-refractivity contribution < 1.29 is 9.59 Å². The lowest BCUT2D eigenvalue weighted by Crippen LogP contribution is -2.30. The second-order valence-electron chi connectivity index (χ2n) is 5.08. The van der Waals surface area contributed by atoms with Gasteiger partial charge in [0.05, 0.1) is 5.92 Å². The lowest BCUT2D eigenvalue weighted by Gasteiger charge is -2.27. The van der Waals surface area contributed by atoms with Gasteiger partial charge in [-0.2, -0.15) is 0 Å². The summed E-state index contributed by atoms with van der Waals surface area (Å²) in [6.07, 6.45) is 9.32. The zero-order valence-corrected chi connectivity index (χ0v) is 9.34. The topological polar surface area (TPSA) is 34.1 Å². The van der Waals surface area contributed by atoms with Crippen LogP contribution in [-0.4, -0.2) is 11.6 Å². The van der Waals surface area contributed by atoms with E-state index >= 15 is 0 Å². The van der Waals surface area contributed by atoms with Crippen LogP contribution in [0.3, 0.4) is 0 Å². The van der Waals surface area contributed by atoms with Crippen molar-refractivity contribution in [2.75, 3.05) is 0 Å². The van der Waals surface area contributed by atoms with Crippen LogP contribution in [-0.2, 0) is 9.59 Å². The van der Waals surface area contributed by atoms with Crippen molar-refractivity contribution in [1.29, 1.82) is 0 Å². The summed E-state index contributed by atoms with van der Waals surface area (Å²) in [5, 5.41) is 0. The number of carbonyl (C=O) groups is 2. The minimum atomic E-state index is -0.221. The first kappa shape index (κ1) is 10.8. The van der Waals surface area contributed by atoms with Crippen molar-refractivity contribution in [2.24, 2.45) is 11.8 Å². The average molecular weight is 208 g/mol. The van der Waals surface area contributed by atoms with Crippen LogP contribution in [0, 0.1) is 11.8 Å². The fourth-order valence-electron chi connectivity index (χ4n) is 2.98. The molecule has 2 rings (SSSR count). The molecule has 15 heavy (non-hydrogen) atoms. The summed E-state index contributed by atoms with van der Waals surface area (Å²) in [5.74, 6) is 0.866. The maximum atomic E-state index is 11.7. The predicted octanol–water partition coefficient (Wildman–Crippen LogP) is 2.90. The van der Waals surface area contributed by atoms with E-state index in [4.69, 9.17) is 0 Å². The van der Waals surface area contributed by atoms with Crippen LogP contribution in [0.5, 0.6) is 0 Å². The van der Waals surface area contributed by atoms with Gasteiger partial charge in [-0.3, -0.25) is 9.59 Å². The molecule has 0 N–H and O–H groups in total. The molecule has 0 spiro atoms. The van der Waals surface area contributed by atoms with Crippen LogP contribution < -0.4 is 0 Å². The van der Waals surface area contributed by atoms with Crippen LogP contribution in [0.2, 0.25) is 0 Å². The van der Waals surface area contributed by atoms with E-state index in [0.717, 1.165) is 12.8 Å². The number of Topliss-reactive ketones (excluding diaryl/α,β-unsaturated/α-hetero) is 2. The van der Waals surface area contributed by atoms with E-state index in [0.29, 0.717) is 18.8 Å².